The lowest BCUT2D eigenvalue weighted by atomic mass is 10.1. The summed E-state index contributed by atoms with van der Waals surface area (Å²) in [6.07, 6.45) is 11.7. The molecule has 2 unspecified atom stereocenters. The van der Waals surface area contributed by atoms with Gasteiger partial charge in [0.1, 0.15) is 5.78 Å². The van der Waals surface area contributed by atoms with Crippen LogP contribution in [0.4, 0.5) is 0 Å². The number of carbonyl (C=O) groups is 1. The molecule has 14 heavy (non-hydrogen) atoms. The van der Waals surface area contributed by atoms with Gasteiger partial charge in [-0.05, 0) is 30.6 Å². The molecule has 0 N–H and O–H groups in total. The van der Waals surface area contributed by atoms with Crippen LogP contribution in [0.2, 0.25) is 0 Å². The van der Waals surface area contributed by atoms with Gasteiger partial charge in [-0.3, -0.25) is 4.79 Å². The Hall–Kier alpha value is -0.590. The summed E-state index contributed by atoms with van der Waals surface area (Å²) in [5.41, 5.74) is 0. The molecule has 2 saturated carbocycles. The first-order valence-corrected chi connectivity index (χ1v) is 6.01. The summed E-state index contributed by atoms with van der Waals surface area (Å²) >= 11 is 0. The monoisotopic (exact) mass is 192 g/mol. The number of rotatable bonds is 5. The van der Waals surface area contributed by atoms with Crippen LogP contribution in [0.15, 0.2) is 12.2 Å². The highest BCUT2D eigenvalue weighted by Crippen LogP contribution is 2.56. The van der Waals surface area contributed by atoms with E-state index in [0.29, 0.717) is 5.78 Å². The Kier molecular flexibility index (Phi) is 3.05. The number of Topliss-reactive ketones (excluding diaryl/α,β-unsaturated/α-hetero) is 1. The average Bonchev–Trinajstić information content (AvgIpc) is 2.63. The van der Waals surface area contributed by atoms with E-state index in [0.717, 1.165) is 30.6 Å². The second-order valence-corrected chi connectivity index (χ2v) is 4.78. The minimum atomic E-state index is 0.496. The molecule has 0 aromatic carbocycles. The van der Waals surface area contributed by atoms with Crippen molar-refractivity contribution in [3.05, 3.63) is 12.2 Å². The fourth-order valence-corrected chi connectivity index (χ4v) is 2.71. The number of ketones is 1. The predicted molar refractivity (Wildman–Crippen MR) is 58.0 cm³/mol. The fraction of sp³-hybridized carbons (Fsp3) is 0.769. The molecule has 2 aliphatic carbocycles. The molecule has 0 aliphatic heterocycles. The molecule has 0 bridgehead atoms. The van der Waals surface area contributed by atoms with Gasteiger partial charge in [-0.1, -0.05) is 31.9 Å². The summed E-state index contributed by atoms with van der Waals surface area (Å²) in [7, 11) is 0. The standard InChI is InChI=1S/C13H20O/c1-2-3-4-5-6-7-11-12-8-10(14)9-13(11)12/h6-7,11-13H,2-5,8-9H2,1H3. The van der Waals surface area contributed by atoms with Gasteiger partial charge in [-0.25, -0.2) is 0 Å². The highest BCUT2D eigenvalue weighted by atomic mass is 16.1. The average molecular weight is 192 g/mol. The van der Waals surface area contributed by atoms with Crippen molar-refractivity contribution in [2.75, 3.05) is 0 Å². The van der Waals surface area contributed by atoms with E-state index < -0.39 is 0 Å². The third-order valence-electron chi connectivity index (χ3n) is 3.66. The van der Waals surface area contributed by atoms with Gasteiger partial charge in [-0.2, -0.15) is 0 Å². The topological polar surface area (TPSA) is 17.1 Å². The minimum absolute atomic E-state index is 0.496. The van der Waals surface area contributed by atoms with E-state index in [1.807, 2.05) is 0 Å². The van der Waals surface area contributed by atoms with Crippen LogP contribution in [-0.4, -0.2) is 5.78 Å². The van der Waals surface area contributed by atoms with Crippen molar-refractivity contribution in [2.45, 2.75) is 45.4 Å². The molecule has 0 aromatic rings. The Bertz CT molecular complexity index is 228. The van der Waals surface area contributed by atoms with Gasteiger partial charge in [0, 0.05) is 12.8 Å². The quantitative estimate of drug-likeness (QED) is 0.482. The number of allylic oxidation sites excluding steroid dienone is 2. The lowest BCUT2D eigenvalue weighted by Gasteiger charge is -1.95. The largest absolute Gasteiger partial charge is 0.300 e. The molecule has 0 amide bonds. The highest BCUT2D eigenvalue weighted by molar-refractivity contribution is 5.83. The normalized spacial score (nSPS) is 35.2. The highest BCUT2D eigenvalue weighted by Gasteiger charge is 2.54. The number of unbranched alkanes of at least 4 members (excludes halogenated alkanes) is 3. The van der Waals surface area contributed by atoms with Crippen LogP contribution in [0.25, 0.3) is 0 Å². The number of carbonyl (C=O) groups excluding carboxylic acids is 1. The predicted octanol–water partition coefficient (Wildman–Crippen LogP) is 3.35. The van der Waals surface area contributed by atoms with E-state index >= 15 is 0 Å². The zero-order valence-electron chi connectivity index (χ0n) is 9.04. The van der Waals surface area contributed by atoms with Crippen molar-refractivity contribution >= 4 is 5.78 Å². The molecule has 0 aromatic heterocycles. The van der Waals surface area contributed by atoms with Crippen LogP contribution < -0.4 is 0 Å². The molecule has 0 saturated heterocycles. The number of hydrogen-bond donors (Lipinski definition) is 0. The fourth-order valence-electron chi connectivity index (χ4n) is 2.71. The first-order chi connectivity index (χ1) is 6.83. The van der Waals surface area contributed by atoms with Gasteiger partial charge in [0.25, 0.3) is 0 Å². The van der Waals surface area contributed by atoms with Crippen molar-refractivity contribution < 1.29 is 4.79 Å². The summed E-state index contributed by atoms with van der Waals surface area (Å²) in [6.45, 7) is 2.24. The summed E-state index contributed by atoms with van der Waals surface area (Å²) in [4.78, 5) is 11.0. The Morgan fingerprint density at radius 2 is 2.00 bits per heavy atom. The lowest BCUT2D eigenvalue weighted by Crippen LogP contribution is -1.95. The molecule has 2 rings (SSSR count). The summed E-state index contributed by atoms with van der Waals surface area (Å²) in [5, 5.41) is 0. The van der Waals surface area contributed by atoms with E-state index in [1.54, 1.807) is 0 Å². The second kappa shape index (κ2) is 4.29. The summed E-state index contributed by atoms with van der Waals surface area (Å²) in [5.74, 6) is 2.75. The van der Waals surface area contributed by atoms with E-state index in [2.05, 4.69) is 19.1 Å². The maximum atomic E-state index is 11.0. The molecule has 1 heteroatoms. The SMILES string of the molecule is CCCCCC=CC1C2CC(=O)CC12. The molecule has 2 atom stereocenters. The van der Waals surface area contributed by atoms with Crippen LogP contribution in [0.5, 0.6) is 0 Å². The second-order valence-electron chi connectivity index (χ2n) is 4.78. The Balaban J connectivity index is 1.62. The molecule has 0 heterocycles. The van der Waals surface area contributed by atoms with Crippen LogP contribution >= 0.6 is 0 Å². The number of fused-ring (bicyclic) bond motifs is 1. The van der Waals surface area contributed by atoms with Gasteiger partial charge in [0.15, 0.2) is 0 Å². The first-order valence-electron chi connectivity index (χ1n) is 6.01. The molecule has 2 aliphatic rings. The van der Waals surface area contributed by atoms with Crippen molar-refractivity contribution in [2.24, 2.45) is 17.8 Å². The van der Waals surface area contributed by atoms with Crippen molar-refractivity contribution in [1.29, 1.82) is 0 Å². The maximum Gasteiger partial charge on any atom is 0.133 e. The van der Waals surface area contributed by atoms with Crippen LogP contribution in [0.1, 0.15) is 45.4 Å². The molecule has 0 radical (unpaired) electrons. The minimum Gasteiger partial charge on any atom is -0.300 e. The van der Waals surface area contributed by atoms with E-state index in [4.69, 9.17) is 0 Å². The van der Waals surface area contributed by atoms with E-state index in [9.17, 15) is 4.79 Å². The van der Waals surface area contributed by atoms with Gasteiger partial charge in [0.2, 0.25) is 0 Å². The zero-order valence-corrected chi connectivity index (χ0v) is 9.04. The van der Waals surface area contributed by atoms with Gasteiger partial charge in [0.05, 0.1) is 0 Å². The molecule has 2 fully saturated rings. The van der Waals surface area contributed by atoms with Crippen molar-refractivity contribution in [3.8, 4) is 0 Å². The van der Waals surface area contributed by atoms with Gasteiger partial charge in [-0.15, -0.1) is 0 Å². The van der Waals surface area contributed by atoms with Crippen LogP contribution in [0, 0.1) is 17.8 Å². The third-order valence-corrected chi connectivity index (χ3v) is 3.66. The Labute approximate surface area is 86.6 Å². The van der Waals surface area contributed by atoms with E-state index in [1.165, 1.54) is 25.7 Å². The molecule has 1 nitrogen and oxygen atoms in total. The lowest BCUT2D eigenvalue weighted by molar-refractivity contribution is -0.118. The van der Waals surface area contributed by atoms with Crippen molar-refractivity contribution in [3.63, 3.8) is 0 Å². The summed E-state index contributed by atoms with van der Waals surface area (Å²) < 4.78 is 0. The number of hydrogen-bond acceptors (Lipinski definition) is 1. The molecule has 78 valence electrons. The maximum absolute atomic E-state index is 11.0. The first kappa shape index (κ1) is 9.95. The molecular formula is C13H20O. The van der Waals surface area contributed by atoms with Gasteiger partial charge < -0.3 is 0 Å². The Morgan fingerprint density at radius 1 is 1.29 bits per heavy atom. The summed E-state index contributed by atoms with van der Waals surface area (Å²) in [6, 6.07) is 0. The molecule has 0 spiro atoms. The molecular weight excluding hydrogens is 172 g/mol. The van der Waals surface area contributed by atoms with Crippen LogP contribution in [-0.2, 0) is 4.79 Å². The third kappa shape index (κ3) is 2.08. The zero-order chi connectivity index (χ0) is 9.97. The van der Waals surface area contributed by atoms with Crippen LogP contribution in [0.3, 0.4) is 0 Å². The smallest absolute Gasteiger partial charge is 0.133 e. The Morgan fingerprint density at radius 3 is 2.64 bits per heavy atom. The van der Waals surface area contributed by atoms with Gasteiger partial charge >= 0.3 is 0 Å². The van der Waals surface area contributed by atoms with E-state index in [-0.39, 0.29) is 0 Å². The van der Waals surface area contributed by atoms with Crippen molar-refractivity contribution in [1.82, 2.24) is 0 Å².